The van der Waals surface area contributed by atoms with Crippen LogP contribution in [0.4, 0.5) is 0 Å². The number of rotatable bonds is 0. The van der Waals surface area contributed by atoms with E-state index in [-0.39, 0.29) is 52.8 Å². The molecule has 0 rings (SSSR count). The van der Waals surface area contributed by atoms with Crippen LogP contribution in [-0.2, 0) is 9.59 Å². The molecular weight excluding hydrogens is 95.1 g/mol. The molecule has 0 aromatic carbocycles. The minimum atomic E-state index is 0. The molecule has 3 heteroatoms. The van der Waals surface area contributed by atoms with E-state index in [2.05, 4.69) is 0 Å². The van der Waals surface area contributed by atoms with E-state index in [1.165, 1.54) is 0 Å². The van der Waals surface area contributed by atoms with Crippen LogP contribution in [-0.4, -0.2) is 13.6 Å². The molecule has 0 aromatic heterocycles. The van der Waals surface area contributed by atoms with Crippen molar-refractivity contribution in [2.75, 3.05) is 0 Å². The van der Waals surface area contributed by atoms with Crippen molar-refractivity contribution in [3.8, 4) is 0 Å². The monoisotopic (exact) mass is 100.0 g/mol. The molecule has 0 fully saturated rings. The van der Waals surface area contributed by atoms with Crippen LogP contribution in [0.1, 0.15) is 1.43 Å². The first-order chi connectivity index (χ1) is 2.00. The summed E-state index contributed by atoms with van der Waals surface area (Å²) in [4.78, 5) is 16.0. The van der Waals surface area contributed by atoms with Gasteiger partial charge in [0.2, 0.25) is 0 Å². The smallest absolute Gasteiger partial charge is 1.00 e. The number of hydrogen-bond donors (Lipinski definition) is 0. The largest absolute Gasteiger partial charge is 1.00 e. The van der Waals surface area contributed by atoms with Gasteiger partial charge in [-0.3, -0.25) is 0 Å². The zero-order valence-corrected chi connectivity index (χ0v) is 6.35. The molecule has 0 saturated heterocycles. The van der Waals surface area contributed by atoms with Crippen LogP contribution in [0.15, 0.2) is 0 Å². The Bertz CT molecular complexity index is 13.5. The van der Waals surface area contributed by atoms with Crippen molar-refractivity contribution < 1.29 is 62.4 Å². The molecule has 0 N–H and O–H groups in total. The Morgan fingerprint density at radius 1 is 1.00 bits per heavy atom. The number of carbonyl (C=O) groups is 2. The minimum Gasteiger partial charge on any atom is -1.00 e. The summed E-state index contributed by atoms with van der Waals surface area (Å²) in [5.41, 5.74) is 0. The van der Waals surface area contributed by atoms with Crippen molar-refractivity contribution in [3.63, 3.8) is 0 Å². The molecule has 0 atom stereocenters. The average Bonchev–Trinajstić information content (AvgIpc) is 1.50. The van der Waals surface area contributed by atoms with Crippen LogP contribution < -0.4 is 51.4 Å². The summed E-state index contributed by atoms with van der Waals surface area (Å²) in [7, 11) is 0. The second-order valence-corrected chi connectivity index (χ2v) is 0. The number of carbonyl (C=O) groups excluding carboxylic acids is 2. The van der Waals surface area contributed by atoms with Gasteiger partial charge in [0, 0.05) is 0 Å². The van der Waals surface area contributed by atoms with E-state index in [1.807, 2.05) is 13.6 Å². The van der Waals surface area contributed by atoms with Crippen LogP contribution >= 0.6 is 0 Å². The minimum absolute atomic E-state index is 0. The van der Waals surface area contributed by atoms with Gasteiger partial charge in [0.15, 0.2) is 0 Å². The van der Waals surface area contributed by atoms with Gasteiger partial charge in [-0.05, 0) is 0 Å². The summed E-state index contributed by atoms with van der Waals surface area (Å²) in [6.07, 6.45) is 0. The molecule has 0 heterocycles. The maximum absolute atomic E-state index is 8.00. The molecule has 0 spiro atoms. The van der Waals surface area contributed by atoms with Gasteiger partial charge >= 0.3 is 51.4 Å². The Balaban J connectivity index is -0.00000000500. The average molecular weight is 100 g/mol. The predicted molar refractivity (Wildman–Crippen MR) is 15.4 cm³/mol. The summed E-state index contributed by atoms with van der Waals surface area (Å²) < 4.78 is 0. The second kappa shape index (κ2) is 82.5. The first-order valence-electron chi connectivity index (χ1n) is 0.577. The maximum atomic E-state index is 8.00. The predicted octanol–water partition coefficient (Wildman–Crippen LogP) is -3.25. The van der Waals surface area contributed by atoms with Crippen molar-refractivity contribution in [1.29, 1.82) is 0 Å². The summed E-state index contributed by atoms with van der Waals surface area (Å²) in [5.74, 6) is 0. The van der Waals surface area contributed by atoms with E-state index in [0.29, 0.717) is 0 Å². The molecule has 0 aromatic rings. The van der Waals surface area contributed by atoms with Gasteiger partial charge in [0.1, 0.15) is 13.6 Å². The Morgan fingerprint density at radius 3 is 1.00 bits per heavy atom. The van der Waals surface area contributed by atoms with Crippen molar-refractivity contribution in [3.05, 3.63) is 0 Å². The first-order valence-corrected chi connectivity index (χ1v) is 0.577. The topological polar surface area (TPSA) is 34.1 Å². The molecule has 0 bridgehead atoms. The fraction of sp³-hybridized carbons (Fsp3) is 0. The van der Waals surface area contributed by atoms with Gasteiger partial charge in [-0.25, -0.2) is 0 Å². The SMILES string of the molecule is C=O.C=O.[H-].[K+]. The van der Waals surface area contributed by atoms with Crippen molar-refractivity contribution >= 4 is 13.6 Å². The molecule has 0 aliphatic rings. The van der Waals surface area contributed by atoms with Crippen molar-refractivity contribution in [2.24, 2.45) is 0 Å². The molecule has 26 valence electrons. The summed E-state index contributed by atoms with van der Waals surface area (Å²) in [6.45, 7) is 4.00. The standard InChI is InChI=1S/2CH2O.K.H/c2*1-2;;/h2*1H2;;/q;;+1;-1. The summed E-state index contributed by atoms with van der Waals surface area (Å²) in [6, 6.07) is 0. The molecule has 0 radical (unpaired) electrons. The van der Waals surface area contributed by atoms with Crippen LogP contribution in [0, 0.1) is 0 Å². The summed E-state index contributed by atoms with van der Waals surface area (Å²) >= 11 is 0. The fourth-order valence-electron chi connectivity index (χ4n) is 0. The van der Waals surface area contributed by atoms with Gasteiger partial charge in [-0.15, -0.1) is 0 Å². The molecular formula is C2H5KO2. The van der Waals surface area contributed by atoms with Gasteiger partial charge < -0.3 is 11.0 Å². The zero-order valence-electron chi connectivity index (χ0n) is 4.23. The van der Waals surface area contributed by atoms with Gasteiger partial charge in [0.25, 0.3) is 0 Å². The van der Waals surface area contributed by atoms with Crippen LogP contribution in [0.3, 0.4) is 0 Å². The van der Waals surface area contributed by atoms with E-state index < -0.39 is 0 Å². The van der Waals surface area contributed by atoms with E-state index in [4.69, 9.17) is 9.59 Å². The third kappa shape index (κ3) is 46.2. The molecule has 0 amide bonds. The number of hydrogen-bond acceptors (Lipinski definition) is 2. The van der Waals surface area contributed by atoms with Crippen LogP contribution in [0.25, 0.3) is 0 Å². The van der Waals surface area contributed by atoms with Crippen molar-refractivity contribution in [2.45, 2.75) is 0 Å². The molecule has 0 aliphatic heterocycles. The molecule has 2 nitrogen and oxygen atoms in total. The second-order valence-electron chi connectivity index (χ2n) is 0. The maximum Gasteiger partial charge on any atom is 1.00 e. The third-order valence-corrected chi connectivity index (χ3v) is 0. The molecule has 0 aliphatic carbocycles. The molecule has 0 unspecified atom stereocenters. The Hall–Kier alpha value is 0.976. The van der Waals surface area contributed by atoms with E-state index in [0.717, 1.165) is 0 Å². The quantitative estimate of drug-likeness (QED) is 0.300. The molecule has 0 saturated carbocycles. The third-order valence-electron chi connectivity index (χ3n) is 0. The van der Waals surface area contributed by atoms with Crippen molar-refractivity contribution in [1.82, 2.24) is 0 Å². The Kier molecular flexibility index (Phi) is 276. The first kappa shape index (κ1) is 16.7. The van der Waals surface area contributed by atoms with E-state index >= 15 is 0 Å². The molecule has 5 heavy (non-hydrogen) atoms. The Morgan fingerprint density at radius 2 is 1.00 bits per heavy atom. The summed E-state index contributed by atoms with van der Waals surface area (Å²) in [5, 5.41) is 0. The van der Waals surface area contributed by atoms with Crippen LogP contribution in [0.2, 0.25) is 0 Å². The zero-order chi connectivity index (χ0) is 4.00. The van der Waals surface area contributed by atoms with E-state index in [9.17, 15) is 0 Å². The van der Waals surface area contributed by atoms with Gasteiger partial charge in [0.05, 0.1) is 0 Å². The Labute approximate surface area is 74.8 Å². The van der Waals surface area contributed by atoms with Gasteiger partial charge in [-0.2, -0.15) is 0 Å². The van der Waals surface area contributed by atoms with Gasteiger partial charge in [-0.1, -0.05) is 0 Å². The fourth-order valence-corrected chi connectivity index (χ4v) is 0. The van der Waals surface area contributed by atoms with E-state index in [1.54, 1.807) is 0 Å². The normalized spacial score (nSPS) is 1.60. The van der Waals surface area contributed by atoms with Crippen LogP contribution in [0.5, 0.6) is 0 Å².